The van der Waals surface area contributed by atoms with E-state index in [4.69, 9.17) is 4.98 Å². The highest BCUT2D eigenvalue weighted by Gasteiger charge is 2.24. The first-order valence-corrected chi connectivity index (χ1v) is 20.8. The second-order valence-electron chi connectivity index (χ2n) is 15.7. The number of hydrogen-bond acceptors (Lipinski definition) is 2. The Morgan fingerprint density at radius 2 is 1.05 bits per heavy atom. The van der Waals surface area contributed by atoms with Crippen LogP contribution in [0.2, 0.25) is 0 Å². The van der Waals surface area contributed by atoms with Crippen molar-refractivity contribution in [3.05, 3.63) is 233 Å². The van der Waals surface area contributed by atoms with Crippen molar-refractivity contribution in [3.8, 4) is 33.6 Å². The molecule has 11 rings (SSSR count). The first kappa shape index (κ1) is 35.5. The van der Waals surface area contributed by atoms with Crippen molar-refractivity contribution in [2.45, 2.75) is 13.3 Å². The predicted octanol–water partition coefficient (Wildman–Crippen LogP) is 14.2. The average Bonchev–Trinajstić information content (AvgIpc) is 3.52. The van der Waals surface area contributed by atoms with E-state index in [0.29, 0.717) is 5.39 Å². The Labute approximate surface area is 348 Å². The van der Waals surface area contributed by atoms with Gasteiger partial charge in [0.15, 0.2) is 0 Å². The summed E-state index contributed by atoms with van der Waals surface area (Å²) in [6.07, 6.45) is 8.16. The zero-order valence-electron chi connectivity index (χ0n) is 33.2. The lowest BCUT2D eigenvalue weighted by atomic mass is 9.87. The summed E-state index contributed by atoms with van der Waals surface area (Å²) in [6, 6.07) is 65.7. The van der Waals surface area contributed by atoms with Crippen molar-refractivity contribution in [2.24, 2.45) is 5.92 Å². The lowest BCUT2D eigenvalue weighted by Crippen LogP contribution is -2.13. The fraction of sp³-hybridized carbons (Fsp3) is 0.0526. The molecule has 3 heteroatoms. The van der Waals surface area contributed by atoms with Crippen LogP contribution in [-0.4, -0.2) is 9.38 Å². The lowest BCUT2D eigenvalue weighted by Gasteiger charge is -2.17. The van der Waals surface area contributed by atoms with E-state index in [9.17, 15) is 4.79 Å². The zero-order valence-corrected chi connectivity index (χ0v) is 33.2. The average molecular weight is 769 g/mol. The Morgan fingerprint density at radius 3 is 1.68 bits per heavy atom. The highest BCUT2D eigenvalue weighted by molar-refractivity contribution is 6.24. The Bertz CT molecular complexity index is 3340. The maximum Gasteiger partial charge on any atom is 0.263 e. The third-order valence-electron chi connectivity index (χ3n) is 12.2. The number of pyridine rings is 2. The second-order valence-corrected chi connectivity index (χ2v) is 15.7. The first-order valence-electron chi connectivity index (χ1n) is 20.8. The van der Waals surface area contributed by atoms with Crippen molar-refractivity contribution >= 4 is 54.7 Å². The normalized spacial score (nSPS) is 14.3. The van der Waals surface area contributed by atoms with E-state index < -0.39 is 0 Å². The van der Waals surface area contributed by atoms with Crippen molar-refractivity contribution in [1.29, 1.82) is 0 Å². The third-order valence-corrected chi connectivity index (χ3v) is 12.2. The topological polar surface area (TPSA) is 34.4 Å². The molecule has 3 aromatic heterocycles. The summed E-state index contributed by atoms with van der Waals surface area (Å²) in [4.78, 5) is 20.0. The minimum atomic E-state index is -0.0108. The Kier molecular flexibility index (Phi) is 8.67. The Hall–Kier alpha value is -7.62. The van der Waals surface area contributed by atoms with E-state index in [2.05, 4.69) is 189 Å². The summed E-state index contributed by atoms with van der Waals surface area (Å²) in [5.74, 6) is 0.216. The van der Waals surface area contributed by atoms with Gasteiger partial charge in [0.2, 0.25) is 0 Å². The van der Waals surface area contributed by atoms with E-state index in [0.717, 1.165) is 83.8 Å². The smallest absolute Gasteiger partial charge is 0.263 e. The summed E-state index contributed by atoms with van der Waals surface area (Å²) >= 11 is 0. The van der Waals surface area contributed by atoms with Crippen LogP contribution in [0.25, 0.3) is 88.3 Å². The molecular formula is C57H40N2O. The van der Waals surface area contributed by atoms with Crippen LogP contribution in [0, 0.1) is 5.92 Å². The van der Waals surface area contributed by atoms with E-state index >= 15 is 0 Å². The molecule has 3 heterocycles. The van der Waals surface area contributed by atoms with Gasteiger partial charge in [-0.1, -0.05) is 177 Å². The van der Waals surface area contributed by atoms with E-state index in [-0.39, 0.29) is 11.5 Å². The quantitative estimate of drug-likeness (QED) is 0.151. The van der Waals surface area contributed by atoms with Crippen LogP contribution in [0.15, 0.2) is 211 Å². The highest BCUT2D eigenvalue weighted by Crippen LogP contribution is 2.44. The van der Waals surface area contributed by atoms with Gasteiger partial charge in [-0.2, -0.15) is 0 Å². The molecule has 0 saturated heterocycles. The van der Waals surface area contributed by atoms with Crippen molar-refractivity contribution in [3.63, 3.8) is 0 Å². The number of aromatic nitrogens is 2. The molecule has 0 bridgehead atoms. The van der Waals surface area contributed by atoms with Gasteiger partial charge in [-0.15, -0.1) is 0 Å². The molecule has 3 nitrogen and oxygen atoms in total. The summed E-state index contributed by atoms with van der Waals surface area (Å²) < 4.78 is 1.98. The third kappa shape index (κ3) is 5.98. The molecule has 1 atom stereocenters. The molecular weight excluding hydrogens is 729 g/mol. The fourth-order valence-corrected chi connectivity index (χ4v) is 9.30. The van der Waals surface area contributed by atoms with Gasteiger partial charge in [-0.05, 0) is 92.8 Å². The van der Waals surface area contributed by atoms with Gasteiger partial charge in [0.25, 0.3) is 5.56 Å². The first-order chi connectivity index (χ1) is 29.6. The van der Waals surface area contributed by atoms with Crippen LogP contribution >= 0.6 is 0 Å². The Balaban J connectivity index is 1.18. The van der Waals surface area contributed by atoms with Gasteiger partial charge < -0.3 is 0 Å². The molecule has 0 aliphatic heterocycles. The van der Waals surface area contributed by atoms with E-state index in [1.807, 2.05) is 28.7 Å². The number of hydrogen-bond donors (Lipinski definition) is 0. The molecule has 7 aromatic carbocycles. The van der Waals surface area contributed by atoms with Crippen molar-refractivity contribution < 1.29 is 0 Å². The molecule has 1 unspecified atom stereocenters. The monoisotopic (exact) mass is 768 g/mol. The van der Waals surface area contributed by atoms with Crippen LogP contribution in [0.4, 0.5) is 0 Å². The summed E-state index contributed by atoms with van der Waals surface area (Å²) in [7, 11) is 0. The van der Waals surface area contributed by atoms with Gasteiger partial charge in [0.05, 0.1) is 22.4 Å². The number of fused-ring (bicyclic) bond motifs is 5. The SMILES string of the molecule is CCC1C=C(c2ccccc2)C=C(c2ccc3c4ccc(-c5cc(-c6ccccc6)nc(-c6ccccc6)c5)cc4n4c(=O)c5ccccc5c2c34)C=C1c1ccccc1. The standard InChI is InChI=1S/C57H40N2O/c1-2-37-31-43(38-17-7-3-8-18-38)32-45(33-51(37)39-19-9-4-10-20-39)46-29-30-49-47-28-27-42(36-54(47)59-56(49)55(46)48-25-15-16-26-50(48)57(59)60)44-34-52(40-21-11-5-12-22-40)58-53(35-44)41-23-13-6-14-24-41/h3-37H,2H2,1H3. The maximum absolute atomic E-state index is 14.9. The molecule has 0 fully saturated rings. The predicted molar refractivity (Wildman–Crippen MR) is 252 cm³/mol. The van der Waals surface area contributed by atoms with Gasteiger partial charge in [-0.3, -0.25) is 9.20 Å². The number of allylic oxidation sites excluding steroid dienone is 6. The van der Waals surface area contributed by atoms with Crippen LogP contribution in [0.1, 0.15) is 30.0 Å². The Morgan fingerprint density at radius 1 is 0.483 bits per heavy atom. The molecule has 0 radical (unpaired) electrons. The minimum Gasteiger partial charge on any atom is -0.275 e. The molecule has 0 N–H and O–H groups in total. The fourth-order valence-electron chi connectivity index (χ4n) is 9.30. The number of benzene rings is 7. The molecule has 1 aliphatic rings. The van der Waals surface area contributed by atoms with Crippen LogP contribution < -0.4 is 5.56 Å². The van der Waals surface area contributed by atoms with E-state index in [1.54, 1.807) is 0 Å². The number of rotatable bonds is 7. The minimum absolute atomic E-state index is 0.0108. The van der Waals surface area contributed by atoms with Gasteiger partial charge >= 0.3 is 0 Å². The molecule has 0 spiro atoms. The number of nitrogens with zero attached hydrogens (tertiary/aromatic N) is 2. The van der Waals surface area contributed by atoms with Crippen LogP contribution in [0.3, 0.4) is 0 Å². The molecule has 60 heavy (non-hydrogen) atoms. The van der Waals surface area contributed by atoms with Crippen molar-refractivity contribution in [1.82, 2.24) is 9.38 Å². The van der Waals surface area contributed by atoms with E-state index in [1.165, 1.54) is 22.3 Å². The molecule has 10 aromatic rings. The van der Waals surface area contributed by atoms with Crippen LogP contribution in [-0.2, 0) is 0 Å². The summed E-state index contributed by atoms with van der Waals surface area (Å²) in [5, 5.41) is 4.86. The lowest BCUT2D eigenvalue weighted by molar-refractivity contribution is 0.796. The maximum atomic E-state index is 14.9. The molecule has 0 saturated carbocycles. The van der Waals surface area contributed by atoms with Gasteiger partial charge in [-0.25, -0.2) is 4.98 Å². The molecule has 0 amide bonds. The van der Waals surface area contributed by atoms with Crippen molar-refractivity contribution in [2.75, 3.05) is 0 Å². The van der Waals surface area contributed by atoms with Crippen LogP contribution in [0.5, 0.6) is 0 Å². The van der Waals surface area contributed by atoms with Gasteiger partial charge in [0.1, 0.15) is 0 Å². The molecule has 1 aliphatic carbocycles. The molecule has 284 valence electrons. The largest absolute Gasteiger partial charge is 0.275 e. The second kappa shape index (κ2) is 14.6. The summed E-state index contributed by atoms with van der Waals surface area (Å²) in [5.41, 5.74) is 14.9. The summed E-state index contributed by atoms with van der Waals surface area (Å²) in [6.45, 7) is 2.27. The van der Waals surface area contributed by atoms with Gasteiger partial charge in [0, 0.05) is 38.6 Å². The zero-order chi connectivity index (χ0) is 40.2. The highest BCUT2D eigenvalue weighted by atomic mass is 16.1.